The smallest absolute Gasteiger partial charge is 0.145 e. The van der Waals surface area contributed by atoms with Gasteiger partial charge in [-0.15, -0.1) is 0 Å². The Morgan fingerprint density at radius 2 is 2.21 bits per heavy atom. The van der Waals surface area contributed by atoms with Gasteiger partial charge in [-0.1, -0.05) is 19.8 Å². The number of nitrogens with zero attached hydrogens (tertiary/aromatic N) is 3. The van der Waals surface area contributed by atoms with Gasteiger partial charge in [0.25, 0.3) is 0 Å². The topological polar surface area (TPSA) is 67.1 Å². The highest BCUT2D eigenvalue weighted by molar-refractivity contribution is 5.48. The van der Waals surface area contributed by atoms with E-state index in [1.165, 1.54) is 32.1 Å². The molecule has 5 nitrogen and oxygen atoms in total. The molecule has 1 aromatic heterocycles. The SMILES string of the molecule is CCCC1CCCN(c2cc(NN)nc(C)n2)CC1. The first-order valence-electron chi connectivity index (χ1n) is 7.30. The molecule has 0 radical (unpaired) electrons. The number of hydrazine groups is 1. The average molecular weight is 263 g/mol. The molecule has 0 saturated carbocycles. The Morgan fingerprint density at radius 3 is 2.95 bits per heavy atom. The molecule has 2 rings (SSSR count). The van der Waals surface area contributed by atoms with Crippen LogP contribution in [0.2, 0.25) is 0 Å². The summed E-state index contributed by atoms with van der Waals surface area (Å²) in [5, 5.41) is 0. The molecule has 0 aromatic carbocycles. The molecule has 1 atom stereocenters. The first-order chi connectivity index (χ1) is 9.22. The van der Waals surface area contributed by atoms with Gasteiger partial charge < -0.3 is 10.3 Å². The lowest BCUT2D eigenvalue weighted by Crippen LogP contribution is -2.26. The van der Waals surface area contributed by atoms with Crippen LogP contribution in [-0.2, 0) is 0 Å². The lowest BCUT2D eigenvalue weighted by Gasteiger charge is -2.22. The predicted molar refractivity (Wildman–Crippen MR) is 79.0 cm³/mol. The molecular weight excluding hydrogens is 238 g/mol. The zero-order valence-corrected chi connectivity index (χ0v) is 12.0. The summed E-state index contributed by atoms with van der Waals surface area (Å²) >= 11 is 0. The molecule has 0 bridgehead atoms. The Balaban J connectivity index is 2.07. The Hall–Kier alpha value is -1.36. The minimum atomic E-state index is 0.692. The number of anilines is 2. The molecule has 0 spiro atoms. The highest BCUT2D eigenvalue weighted by Crippen LogP contribution is 2.25. The van der Waals surface area contributed by atoms with E-state index in [1.807, 2.05) is 13.0 Å². The lowest BCUT2D eigenvalue weighted by molar-refractivity contribution is 0.435. The second kappa shape index (κ2) is 6.70. The third-order valence-corrected chi connectivity index (χ3v) is 3.84. The van der Waals surface area contributed by atoms with E-state index in [2.05, 4.69) is 27.2 Å². The molecule has 1 saturated heterocycles. The first-order valence-corrected chi connectivity index (χ1v) is 7.30. The van der Waals surface area contributed by atoms with E-state index in [0.717, 1.165) is 30.6 Å². The fourth-order valence-electron chi connectivity index (χ4n) is 2.88. The highest BCUT2D eigenvalue weighted by Gasteiger charge is 2.18. The maximum Gasteiger partial charge on any atom is 0.145 e. The third-order valence-electron chi connectivity index (χ3n) is 3.84. The molecule has 1 unspecified atom stereocenters. The molecular formula is C14H25N5. The monoisotopic (exact) mass is 263 g/mol. The van der Waals surface area contributed by atoms with Gasteiger partial charge in [0.15, 0.2) is 0 Å². The predicted octanol–water partition coefficient (Wildman–Crippen LogP) is 2.48. The molecule has 0 aliphatic carbocycles. The molecule has 1 aliphatic rings. The van der Waals surface area contributed by atoms with Gasteiger partial charge in [-0.05, 0) is 32.1 Å². The number of hydrogen-bond acceptors (Lipinski definition) is 5. The molecule has 5 heteroatoms. The van der Waals surface area contributed by atoms with Crippen LogP contribution in [0.5, 0.6) is 0 Å². The summed E-state index contributed by atoms with van der Waals surface area (Å²) in [6.07, 6.45) is 6.50. The molecule has 3 N–H and O–H groups in total. The Morgan fingerprint density at radius 1 is 1.37 bits per heavy atom. The van der Waals surface area contributed by atoms with Crippen LogP contribution in [-0.4, -0.2) is 23.1 Å². The van der Waals surface area contributed by atoms with Gasteiger partial charge >= 0.3 is 0 Å². The van der Waals surface area contributed by atoms with Crippen LogP contribution in [0.1, 0.15) is 44.9 Å². The van der Waals surface area contributed by atoms with Crippen molar-refractivity contribution in [3.63, 3.8) is 0 Å². The van der Waals surface area contributed by atoms with Crippen LogP contribution < -0.4 is 16.2 Å². The van der Waals surface area contributed by atoms with Gasteiger partial charge in [0.2, 0.25) is 0 Å². The van der Waals surface area contributed by atoms with E-state index in [0.29, 0.717) is 5.82 Å². The van der Waals surface area contributed by atoms with Gasteiger partial charge in [-0.3, -0.25) is 0 Å². The molecule has 19 heavy (non-hydrogen) atoms. The Bertz CT molecular complexity index is 407. The summed E-state index contributed by atoms with van der Waals surface area (Å²) in [4.78, 5) is 11.1. The van der Waals surface area contributed by atoms with Crippen LogP contribution in [0.3, 0.4) is 0 Å². The number of hydrogen-bond donors (Lipinski definition) is 2. The summed E-state index contributed by atoms with van der Waals surface area (Å²) < 4.78 is 0. The zero-order chi connectivity index (χ0) is 13.7. The van der Waals surface area contributed by atoms with Crippen molar-refractivity contribution in [1.82, 2.24) is 9.97 Å². The first kappa shape index (κ1) is 14.1. The second-order valence-electron chi connectivity index (χ2n) is 5.38. The average Bonchev–Trinajstić information content (AvgIpc) is 2.64. The van der Waals surface area contributed by atoms with Crippen LogP contribution in [0.15, 0.2) is 6.07 Å². The van der Waals surface area contributed by atoms with E-state index in [9.17, 15) is 0 Å². The van der Waals surface area contributed by atoms with Crippen molar-refractivity contribution < 1.29 is 0 Å². The summed E-state index contributed by atoms with van der Waals surface area (Å²) in [5.74, 6) is 8.78. The third kappa shape index (κ3) is 3.80. The van der Waals surface area contributed by atoms with E-state index < -0.39 is 0 Å². The number of nitrogen functional groups attached to an aromatic ring is 1. The van der Waals surface area contributed by atoms with Crippen molar-refractivity contribution in [1.29, 1.82) is 0 Å². The summed E-state index contributed by atoms with van der Waals surface area (Å²) in [5.41, 5.74) is 2.61. The van der Waals surface area contributed by atoms with Crippen molar-refractivity contribution in [3.05, 3.63) is 11.9 Å². The normalized spacial score (nSPS) is 20.2. The molecule has 106 valence electrons. The molecule has 1 fully saturated rings. The van der Waals surface area contributed by atoms with Crippen LogP contribution >= 0.6 is 0 Å². The van der Waals surface area contributed by atoms with Crippen LogP contribution in [0, 0.1) is 12.8 Å². The highest BCUT2D eigenvalue weighted by atomic mass is 15.3. The quantitative estimate of drug-likeness (QED) is 0.645. The number of aryl methyl sites for hydroxylation is 1. The van der Waals surface area contributed by atoms with Gasteiger partial charge in [0.05, 0.1) is 0 Å². The van der Waals surface area contributed by atoms with Gasteiger partial charge in [-0.2, -0.15) is 0 Å². The number of rotatable bonds is 4. The van der Waals surface area contributed by atoms with E-state index >= 15 is 0 Å². The second-order valence-corrected chi connectivity index (χ2v) is 5.38. The summed E-state index contributed by atoms with van der Waals surface area (Å²) in [7, 11) is 0. The lowest BCUT2D eigenvalue weighted by atomic mass is 9.96. The van der Waals surface area contributed by atoms with Crippen molar-refractivity contribution in [2.45, 2.75) is 46.0 Å². The van der Waals surface area contributed by atoms with E-state index in [4.69, 9.17) is 5.84 Å². The van der Waals surface area contributed by atoms with Crippen LogP contribution in [0.25, 0.3) is 0 Å². The van der Waals surface area contributed by atoms with Crippen molar-refractivity contribution in [2.75, 3.05) is 23.4 Å². The number of nitrogens with one attached hydrogen (secondary N) is 1. The van der Waals surface area contributed by atoms with E-state index in [1.54, 1.807) is 0 Å². The van der Waals surface area contributed by atoms with E-state index in [-0.39, 0.29) is 0 Å². The molecule has 1 aliphatic heterocycles. The number of nitrogens with two attached hydrogens (primary N) is 1. The largest absolute Gasteiger partial charge is 0.356 e. The standard InChI is InChI=1S/C14H25N5/c1-3-5-12-6-4-8-19(9-7-12)14-10-13(18-15)16-11(2)17-14/h10,12H,3-9,15H2,1-2H3,(H,16,17,18). The van der Waals surface area contributed by atoms with Gasteiger partial charge in [-0.25, -0.2) is 15.8 Å². The minimum Gasteiger partial charge on any atom is -0.356 e. The van der Waals surface area contributed by atoms with Crippen molar-refractivity contribution in [3.8, 4) is 0 Å². The molecule has 1 aromatic rings. The Labute approximate surface area is 115 Å². The maximum atomic E-state index is 5.45. The minimum absolute atomic E-state index is 0.692. The Kier molecular flexibility index (Phi) is 4.96. The molecule has 2 heterocycles. The fourth-order valence-corrected chi connectivity index (χ4v) is 2.88. The van der Waals surface area contributed by atoms with Gasteiger partial charge in [0.1, 0.15) is 17.5 Å². The number of aromatic nitrogens is 2. The van der Waals surface area contributed by atoms with Crippen molar-refractivity contribution in [2.24, 2.45) is 11.8 Å². The maximum absolute atomic E-state index is 5.45. The van der Waals surface area contributed by atoms with Gasteiger partial charge in [0, 0.05) is 19.2 Å². The van der Waals surface area contributed by atoms with Crippen LogP contribution in [0.4, 0.5) is 11.6 Å². The summed E-state index contributed by atoms with van der Waals surface area (Å²) in [6.45, 7) is 6.35. The summed E-state index contributed by atoms with van der Waals surface area (Å²) in [6, 6.07) is 1.94. The zero-order valence-electron chi connectivity index (χ0n) is 12.0. The van der Waals surface area contributed by atoms with Crippen molar-refractivity contribution >= 4 is 11.6 Å². The fraction of sp³-hybridized carbons (Fsp3) is 0.714. The molecule has 0 amide bonds.